The maximum absolute atomic E-state index is 9.30. The predicted molar refractivity (Wildman–Crippen MR) is 91.6 cm³/mol. The second kappa shape index (κ2) is 8.81. The minimum atomic E-state index is 0.243. The summed E-state index contributed by atoms with van der Waals surface area (Å²) in [5.74, 6) is 0.919. The molecule has 122 valence electrons. The number of aliphatic hydroxyl groups excluding tert-OH is 1. The first kappa shape index (κ1) is 16.8. The van der Waals surface area contributed by atoms with E-state index < -0.39 is 0 Å². The van der Waals surface area contributed by atoms with Gasteiger partial charge in [0, 0.05) is 32.3 Å². The Bertz CT molecular complexity index is 474. The molecule has 1 atom stereocenters. The molecule has 22 heavy (non-hydrogen) atoms. The van der Waals surface area contributed by atoms with Crippen LogP contribution in [0.5, 0.6) is 5.75 Å². The summed E-state index contributed by atoms with van der Waals surface area (Å²) in [5.41, 5.74) is 2.35. The molecule has 4 nitrogen and oxygen atoms in total. The molecular formula is C18H28N2O2. The van der Waals surface area contributed by atoms with Gasteiger partial charge in [-0.3, -0.25) is 0 Å². The number of benzene rings is 1. The Morgan fingerprint density at radius 1 is 1.45 bits per heavy atom. The molecule has 1 fully saturated rings. The SMILES string of the molecule is C=CCNCc1ccc(N2CCCCC2CCO)c(OC)c1. The molecule has 1 aliphatic rings. The van der Waals surface area contributed by atoms with Gasteiger partial charge in [0.25, 0.3) is 0 Å². The van der Waals surface area contributed by atoms with E-state index >= 15 is 0 Å². The van der Waals surface area contributed by atoms with Gasteiger partial charge in [-0.25, -0.2) is 0 Å². The normalized spacial score (nSPS) is 18.3. The van der Waals surface area contributed by atoms with Crippen molar-refractivity contribution in [2.24, 2.45) is 0 Å². The zero-order chi connectivity index (χ0) is 15.8. The quantitative estimate of drug-likeness (QED) is 0.572. The average Bonchev–Trinajstić information content (AvgIpc) is 2.56. The van der Waals surface area contributed by atoms with E-state index in [4.69, 9.17) is 4.74 Å². The van der Waals surface area contributed by atoms with E-state index in [1.165, 1.54) is 18.4 Å². The monoisotopic (exact) mass is 304 g/mol. The first-order valence-corrected chi connectivity index (χ1v) is 8.16. The molecule has 2 rings (SSSR count). The zero-order valence-electron chi connectivity index (χ0n) is 13.6. The number of ether oxygens (including phenoxy) is 1. The Morgan fingerprint density at radius 3 is 3.05 bits per heavy atom. The lowest BCUT2D eigenvalue weighted by Crippen LogP contribution is -2.40. The van der Waals surface area contributed by atoms with Gasteiger partial charge < -0.3 is 20.1 Å². The summed E-state index contributed by atoms with van der Waals surface area (Å²) in [6.45, 7) is 6.60. The van der Waals surface area contributed by atoms with Crippen molar-refractivity contribution >= 4 is 5.69 Å². The number of nitrogens with one attached hydrogen (secondary N) is 1. The first-order valence-electron chi connectivity index (χ1n) is 8.16. The second-order valence-electron chi connectivity index (χ2n) is 5.78. The van der Waals surface area contributed by atoms with Crippen LogP contribution < -0.4 is 15.0 Å². The van der Waals surface area contributed by atoms with E-state index in [9.17, 15) is 5.11 Å². The van der Waals surface area contributed by atoms with Gasteiger partial charge in [-0.05, 0) is 43.4 Å². The topological polar surface area (TPSA) is 44.7 Å². The van der Waals surface area contributed by atoms with Crippen molar-refractivity contribution < 1.29 is 9.84 Å². The third-order valence-electron chi connectivity index (χ3n) is 4.26. The molecule has 1 aromatic carbocycles. The number of hydrogen-bond acceptors (Lipinski definition) is 4. The van der Waals surface area contributed by atoms with E-state index in [0.29, 0.717) is 6.04 Å². The van der Waals surface area contributed by atoms with Crippen LogP contribution in [0.15, 0.2) is 30.9 Å². The number of anilines is 1. The Kier molecular flexibility index (Phi) is 6.74. The third kappa shape index (κ3) is 4.24. The van der Waals surface area contributed by atoms with Gasteiger partial charge in [0.15, 0.2) is 0 Å². The number of methoxy groups -OCH3 is 1. The summed E-state index contributed by atoms with van der Waals surface area (Å²) in [7, 11) is 1.73. The Balaban J connectivity index is 2.16. The van der Waals surface area contributed by atoms with E-state index in [1.54, 1.807) is 7.11 Å². The average molecular weight is 304 g/mol. The van der Waals surface area contributed by atoms with Crippen LogP contribution in [0.2, 0.25) is 0 Å². The Morgan fingerprint density at radius 2 is 2.32 bits per heavy atom. The predicted octanol–water partition coefficient (Wildman–Crippen LogP) is 2.71. The standard InChI is InChI=1S/C18H28N2O2/c1-3-10-19-14-15-7-8-17(18(13-15)22-2)20-11-5-4-6-16(20)9-12-21/h3,7-8,13,16,19,21H,1,4-6,9-12,14H2,2H3. The minimum Gasteiger partial charge on any atom is -0.495 e. The molecule has 1 aliphatic heterocycles. The number of nitrogens with zero attached hydrogens (tertiary/aromatic N) is 1. The fourth-order valence-corrected chi connectivity index (χ4v) is 3.15. The van der Waals surface area contributed by atoms with Gasteiger partial charge in [0.05, 0.1) is 12.8 Å². The molecule has 0 spiro atoms. The Labute approximate surface area is 133 Å². The molecule has 1 aromatic rings. The summed E-state index contributed by atoms with van der Waals surface area (Å²) in [4.78, 5) is 2.40. The molecule has 1 saturated heterocycles. The highest BCUT2D eigenvalue weighted by molar-refractivity contribution is 5.60. The van der Waals surface area contributed by atoms with Gasteiger partial charge in [-0.2, -0.15) is 0 Å². The summed E-state index contributed by atoms with van der Waals surface area (Å²) in [6.07, 6.45) is 6.28. The maximum Gasteiger partial charge on any atom is 0.142 e. The maximum atomic E-state index is 9.30. The van der Waals surface area contributed by atoms with E-state index in [0.717, 1.165) is 43.9 Å². The van der Waals surface area contributed by atoms with Crippen molar-refractivity contribution in [3.63, 3.8) is 0 Å². The molecule has 2 N–H and O–H groups in total. The molecule has 0 radical (unpaired) electrons. The van der Waals surface area contributed by atoms with Gasteiger partial charge in [-0.1, -0.05) is 12.1 Å². The van der Waals surface area contributed by atoms with Crippen LogP contribution in [0.25, 0.3) is 0 Å². The van der Waals surface area contributed by atoms with E-state index in [2.05, 4.69) is 35.0 Å². The van der Waals surface area contributed by atoms with Crippen LogP contribution in [-0.2, 0) is 6.54 Å². The lowest BCUT2D eigenvalue weighted by molar-refractivity contribution is 0.262. The fraction of sp³-hybridized carbons (Fsp3) is 0.556. The van der Waals surface area contributed by atoms with Crippen molar-refractivity contribution in [3.8, 4) is 5.75 Å². The van der Waals surface area contributed by atoms with Gasteiger partial charge in [-0.15, -0.1) is 6.58 Å². The van der Waals surface area contributed by atoms with E-state index in [1.807, 2.05) is 6.08 Å². The summed E-state index contributed by atoms with van der Waals surface area (Å²) in [5, 5.41) is 12.6. The van der Waals surface area contributed by atoms with Crippen LogP contribution in [-0.4, -0.2) is 38.0 Å². The number of hydrogen-bond donors (Lipinski definition) is 2. The van der Waals surface area contributed by atoms with Crippen LogP contribution >= 0.6 is 0 Å². The van der Waals surface area contributed by atoms with Crippen LogP contribution in [0.3, 0.4) is 0 Å². The fourth-order valence-electron chi connectivity index (χ4n) is 3.15. The lowest BCUT2D eigenvalue weighted by Gasteiger charge is -2.38. The molecule has 1 heterocycles. The van der Waals surface area contributed by atoms with Crippen molar-refractivity contribution in [2.45, 2.75) is 38.3 Å². The highest BCUT2D eigenvalue weighted by Crippen LogP contribution is 2.34. The van der Waals surface area contributed by atoms with Crippen molar-refractivity contribution in [1.29, 1.82) is 0 Å². The van der Waals surface area contributed by atoms with Crippen molar-refractivity contribution in [3.05, 3.63) is 36.4 Å². The third-order valence-corrected chi connectivity index (χ3v) is 4.26. The number of piperidine rings is 1. The highest BCUT2D eigenvalue weighted by atomic mass is 16.5. The molecule has 1 unspecified atom stereocenters. The number of aliphatic hydroxyl groups is 1. The van der Waals surface area contributed by atoms with Gasteiger partial charge in [0.1, 0.15) is 5.75 Å². The van der Waals surface area contributed by atoms with Crippen LogP contribution in [0.1, 0.15) is 31.2 Å². The summed E-state index contributed by atoms with van der Waals surface area (Å²) >= 11 is 0. The minimum absolute atomic E-state index is 0.243. The molecule has 0 bridgehead atoms. The van der Waals surface area contributed by atoms with Gasteiger partial charge in [0.2, 0.25) is 0 Å². The largest absolute Gasteiger partial charge is 0.495 e. The van der Waals surface area contributed by atoms with Crippen molar-refractivity contribution in [1.82, 2.24) is 5.32 Å². The molecule has 0 amide bonds. The summed E-state index contributed by atoms with van der Waals surface area (Å²) < 4.78 is 5.62. The molecule has 0 aromatic heterocycles. The lowest BCUT2D eigenvalue weighted by atomic mass is 9.98. The first-order chi connectivity index (χ1) is 10.8. The second-order valence-corrected chi connectivity index (χ2v) is 5.78. The molecule has 0 saturated carbocycles. The summed E-state index contributed by atoms with van der Waals surface area (Å²) in [6, 6.07) is 6.83. The number of rotatable bonds is 8. The molecule has 0 aliphatic carbocycles. The van der Waals surface area contributed by atoms with Crippen molar-refractivity contribution in [2.75, 3.05) is 31.7 Å². The highest BCUT2D eigenvalue weighted by Gasteiger charge is 2.24. The smallest absolute Gasteiger partial charge is 0.142 e. The van der Waals surface area contributed by atoms with E-state index in [-0.39, 0.29) is 6.61 Å². The zero-order valence-corrected chi connectivity index (χ0v) is 13.6. The van der Waals surface area contributed by atoms with Gasteiger partial charge >= 0.3 is 0 Å². The van der Waals surface area contributed by atoms with Crippen LogP contribution in [0, 0.1) is 0 Å². The molecular weight excluding hydrogens is 276 g/mol. The Hall–Kier alpha value is -1.52. The van der Waals surface area contributed by atoms with Crippen LogP contribution in [0.4, 0.5) is 5.69 Å². The molecule has 4 heteroatoms.